The molecule has 0 radical (unpaired) electrons. The third-order valence-electron chi connectivity index (χ3n) is 5.53. The maximum atomic E-state index is 6.42. The van der Waals surface area contributed by atoms with Gasteiger partial charge in [0.1, 0.15) is 0 Å². The third-order valence-corrected chi connectivity index (χ3v) is 5.53. The average Bonchev–Trinajstić information content (AvgIpc) is 2.82. The van der Waals surface area contributed by atoms with E-state index >= 15 is 0 Å². The number of ether oxygens (including phenoxy) is 1. The van der Waals surface area contributed by atoms with E-state index < -0.39 is 0 Å². The van der Waals surface area contributed by atoms with Gasteiger partial charge in [-0.3, -0.25) is 0 Å². The quantitative estimate of drug-likeness (QED) is 0.775. The largest absolute Gasteiger partial charge is 0.370 e. The number of hydrogen-bond donors (Lipinski definition) is 1. The van der Waals surface area contributed by atoms with E-state index in [9.17, 15) is 0 Å². The van der Waals surface area contributed by atoms with Crippen molar-refractivity contribution in [2.24, 2.45) is 5.92 Å². The second-order valence-electron chi connectivity index (χ2n) is 6.80. The Labute approximate surface area is 119 Å². The fraction of sp³-hybridized carbons (Fsp3) is 1.00. The molecule has 2 atom stereocenters. The summed E-state index contributed by atoms with van der Waals surface area (Å²) in [4.78, 5) is 0. The standard InChI is InChI=1S/C17H33NO/c1-4-15(5-2)14(3)18-13-16-9-12-17(19-16)10-7-6-8-11-17/h14-16,18H,4-13H2,1-3H3. The predicted octanol–water partition coefficient (Wildman–Crippen LogP) is 4.28. The van der Waals surface area contributed by atoms with E-state index in [2.05, 4.69) is 26.1 Å². The van der Waals surface area contributed by atoms with E-state index in [4.69, 9.17) is 4.74 Å². The third kappa shape index (κ3) is 3.95. The highest BCUT2D eigenvalue weighted by Crippen LogP contribution is 2.41. The Morgan fingerprint density at radius 1 is 1.11 bits per heavy atom. The fourth-order valence-electron chi connectivity index (χ4n) is 4.08. The molecule has 1 aliphatic heterocycles. The van der Waals surface area contributed by atoms with Crippen LogP contribution in [0.25, 0.3) is 0 Å². The van der Waals surface area contributed by atoms with Crippen molar-refractivity contribution >= 4 is 0 Å². The lowest BCUT2D eigenvalue weighted by Gasteiger charge is -2.33. The number of nitrogens with one attached hydrogen (secondary N) is 1. The Bertz CT molecular complexity index is 256. The van der Waals surface area contributed by atoms with Crippen LogP contribution in [-0.2, 0) is 4.74 Å². The molecule has 1 N–H and O–H groups in total. The van der Waals surface area contributed by atoms with E-state index in [-0.39, 0.29) is 5.60 Å². The summed E-state index contributed by atoms with van der Waals surface area (Å²) in [5, 5.41) is 3.72. The number of rotatable bonds is 6. The molecule has 1 aliphatic carbocycles. The van der Waals surface area contributed by atoms with Crippen molar-refractivity contribution in [2.45, 2.75) is 96.3 Å². The average molecular weight is 267 g/mol. The monoisotopic (exact) mass is 267 g/mol. The van der Waals surface area contributed by atoms with Crippen LogP contribution in [-0.4, -0.2) is 24.3 Å². The lowest BCUT2D eigenvalue weighted by molar-refractivity contribution is -0.0632. The highest BCUT2D eigenvalue weighted by atomic mass is 16.5. The molecular formula is C17H33NO. The van der Waals surface area contributed by atoms with Gasteiger partial charge in [0.25, 0.3) is 0 Å². The summed E-state index contributed by atoms with van der Waals surface area (Å²) in [6.45, 7) is 7.99. The lowest BCUT2D eigenvalue weighted by atomic mass is 9.83. The molecule has 2 fully saturated rings. The minimum atomic E-state index is 0.281. The van der Waals surface area contributed by atoms with Gasteiger partial charge in [-0.25, -0.2) is 0 Å². The second kappa shape index (κ2) is 7.08. The zero-order valence-electron chi connectivity index (χ0n) is 13.2. The second-order valence-corrected chi connectivity index (χ2v) is 6.80. The van der Waals surface area contributed by atoms with Gasteiger partial charge in [0.05, 0.1) is 11.7 Å². The molecule has 112 valence electrons. The molecule has 2 nitrogen and oxygen atoms in total. The minimum absolute atomic E-state index is 0.281. The van der Waals surface area contributed by atoms with Crippen molar-refractivity contribution in [1.29, 1.82) is 0 Å². The van der Waals surface area contributed by atoms with Gasteiger partial charge >= 0.3 is 0 Å². The van der Waals surface area contributed by atoms with Crippen LogP contribution >= 0.6 is 0 Å². The van der Waals surface area contributed by atoms with E-state index in [0.717, 1.165) is 12.5 Å². The van der Waals surface area contributed by atoms with Crippen LogP contribution in [0.15, 0.2) is 0 Å². The molecule has 2 aliphatic rings. The molecule has 2 heteroatoms. The van der Waals surface area contributed by atoms with Gasteiger partial charge in [-0.05, 0) is 38.5 Å². The van der Waals surface area contributed by atoms with Crippen molar-refractivity contribution < 1.29 is 4.74 Å². The van der Waals surface area contributed by atoms with Crippen LogP contribution in [0.4, 0.5) is 0 Å². The van der Waals surface area contributed by atoms with Crippen LogP contribution in [0.2, 0.25) is 0 Å². The SMILES string of the molecule is CCC(CC)C(C)NCC1CCC2(CCCCC2)O1. The summed E-state index contributed by atoms with van der Waals surface area (Å²) in [6.07, 6.45) is 12.4. The highest BCUT2D eigenvalue weighted by molar-refractivity contribution is 4.92. The first-order chi connectivity index (χ1) is 9.19. The molecule has 0 amide bonds. The molecule has 19 heavy (non-hydrogen) atoms. The van der Waals surface area contributed by atoms with Crippen molar-refractivity contribution in [1.82, 2.24) is 5.32 Å². The van der Waals surface area contributed by atoms with Crippen LogP contribution in [0, 0.1) is 5.92 Å². The summed E-state index contributed by atoms with van der Waals surface area (Å²) in [5.41, 5.74) is 0.281. The fourth-order valence-corrected chi connectivity index (χ4v) is 4.08. The van der Waals surface area contributed by atoms with E-state index in [0.29, 0.717) is 12.1 Å². The minimum Gasteiger partial charge on any atom is -0.370 e. The Kier molecular flexibility index (Phi) is 5.70. The topological polar surface area (TPSA) is 21.3 Å². The van der Waals surface area contributed by atoms with Gasteiger partial charge in [0.15, 0.2) is 0 Å². The molecule has 1 saturated carbocycles. The summed E-state index contributed by atoms with van der Waals surface area (Å²) < 4.78 is 6.42. The summed E-state index contributed by atoms with van der Waals surface area (Å²) in [6, 6.07) is 0.626. The first kappa shape index (κ1) is 15.3. The van der Waals surface area contributed by atoms with E-state index in [1.165, 1.54) is 57.8 Å². The van der Waals surface area contributed by atoms with Crippen molar-refractivity contribution in [3.8, 4) is 0 Å². The first-order valence-electron chi connectivity index (χ1n) is 8.60. The van der Waals surface area contributed by atoms with Crippen LogP contribution in [0.1, 0.15) is 78.6 Å². The van der Waals surface area contributed by atoms with Gasteiger partial charge in [-0.15, -0.1) is 0 Å². The lowest BCUT2D eigenvalue weighted by Crippen LogP contribution is -2.40. The summed E-state index contributed by atoms with van der Waals surface area (Å²) in [5.74, 6) is 0.810. The van der Waals surface area contributed by atoms with E-state index in [1.807, 2.05) is 0 Å². The molecule has 0 aromatic rings. The molecule has 1 saturated heterocycles. The molecular weight excluding hydrogens is 234 g/mol. The maximum absolute atomic E-state index is 6.42. The maximum Gasteiger partial charge on any atom is 0.0708 e. The molecule has 0 aromatic carbocycles. The van der Waals surface area contributed by atoms with Crippen LogP contribution in [0.5, 0.6) is 0 Å². The molecule has 2 unspecified atom stereocenters. The van der Waals surface area contributed by atoms with Crippen molar-refractivity contribution in [2.75, 3.05) is 6.54 Å². The zero-order chi connectivity index (χ0) is 13.7. The molecule has 2 rings (SSSR count). The summed E-state index contributed by atoms with van der Waals surface area (Å²) >= 11 is 0. The Morgan fingerprint density at radius 2 is 1.79 bits per heavy atom. The predicted molar refractivity (Wildman–Crippen MR) is 81.5 cm³/mol. The van der Waals surface area contributed by atoms with Crippen molar-refractivity contribution in [3.63, 3.8) is 0 Å². The van der Waals surface area contributed by atoms with Crippen LogP contribution < -0.4 is 5.32 Å². The molecule has 1 spiro atoms. The highest BCUT2D eigenvalue weighted by Gasteiger charge is 2.40. The normalized spacial score (nSPS) is 28.1. The first-order valence-corrected chi connectivity index (χ1v) is 8.60. The Balaban J connectivity index is 1.73. The van der Waals surface area contributed by atoms with Crippen molar-refractivity contribution in [3.05, 3.63) is 0 Å². The summed E-state index contributed by atoms with van der Waals surface area (Å²) in [7, 11) is 0. The van der Waals surface area contributed by atoms with Gasteiger partial charge in [0.2, 0.25) is 0 Å². The molecule has 0 aromatic heterocycles. The van der Waals surface area contributed by atoms with Gasteiger partial charge in [-0.2, -0.15) is 0 Å². The number of hydrogen-bond acceptors (Lipinski definition) is 2. The smallest absolute Gasteiger partial charge is 0.0708 e. The van der Waals surface area contributed by atoms with Gasteiger partial charge < -0.3 is 10.1 Å². The van der Waals surface area contributed by atoms with E-state index in [1.54, 1.807) is 0 Å². The Hall–Kier alpha value is -0.0800. The molecule has 1 heterocycles. The Morgan fingerprint density at radius 3 is 2.42 bits per heavy atom. The molecule has 0 bridgehead atoms. The zero-order valence-corrected chi connectivity index (χ0v) is 13.2. The van der Waals surface area contributed by atoms with Gasteiger partial charge in [-0.1, -0.05) is 46.0 Å². The van der Waals surface area contributed by atoms with Crippen LogP contribution in [0.3, 0.4) is 0 Å². The van der Waals surface area contributed by atoms with Gasteiger partial charge in [0, 0.05) is 12.6 Å².